The van der Waals surface area contributed by atoms with Gasteiger partial charge in [0, 0.05) is 0 Å². The molecule has 37 valence electrons. The van der Waals surface area contributed by atoms with E-state index in [1.807, 2.05) is 0 Å². The van der Waals surface area contributed by atoms with Crippen LogP contribution in [0.1, 0.15) is 0 Å². The maximum Gasteiger partial charge on any atom is 0.425 e. The van der Waals surface area contributed by atoms with Crippen molar-refractivity contribution < 1.29 is 14.7 Å². The van der Waals surface area contributed by atoms with Gasteiger partial charge in [-0.05, 0) is 6.08 Å². The van der Waals surface area contributed by atoms with Crippen LogP contribution in [0.15, 0.2) is 12.7 Å². The number of ketones is 1. The third-order valence-corrected chi connectivity index (χ3v) is 0.387. The van der Waals surface area contributed by atoms with Crippen molar-refractivity contribution in [3.8, 4) is 0 Å². The van der Waals surface area contributed by atoms with Gasteiger partial charge in [0.15, 0.2) is 0 Å². The summed E-state index contributed by atoms with van der Waals surface area (Å²) in [6.45, 7) is 2.91. The molecule has 0 atom stereocenters. The van der Waals surface area contributed by atoms with Crippen molar-refractivity contribution in [3.05, 3.63) is 12.7 Å². The molecule has 1 radical (unpaired) electrons. The normalized spacial score (nSPS) is 7.43. The topological polar surface area (TPSA) is 54.0 Å². The van der Waals surface area contributed by atoms with Crippen LogP contribution in [-0.4, -0.2) is 11.8 Å². The van der Waals surface area contributed by atoms with Gasteiger partial charge < -0.3 is 0 Å². The Balaban J connectivity index is 3.81. The largest absolute Gasteiger partial charge is 0.425 e. The predicted molar refractivity (Wildman–Crippen MR) is 20.9 cm³/mol. The molecule has 0 rings (SSSR count). The minimum atomic E-state index is -1.71. The van der Waals surface area contributed by atoms with E-state index >= 15 is 0 Å². The van der Waals surface area contributed by atoms with Crippen molar-refractivity contribution in [2.75, 3.05) is 0 Å². The lowest BCUT2D eigenvalue weighted by Crippen LogP contribution is -2.05. The van der Waals surface area contributed by atoms with Gasteiger partial charge in [0.2, 0.25) is 0 Å². The Labute approximate surface area is 40.3 Å². The van der Waals surface area contributed by atoms with Crippen molar-refractivity contribution in [1.29, 1.82) is 0 Å². The molecule has 0 heterocycles. The molecule has 0 aliphatic carbocycles. The molecule has 0 saturated heterocycles. The number of carbonyl (C=O) groups excluding carboxylic acids is 2. The lowest BCUT2D eigenvalue weighted by molar-refractivity contribution is -0.151. The Morgan fingerprint density at radius 3 is 1.86 bits per heavy atom. The van der Waals surface area contributed by atoms with Gasteiger partial charge in [-0.15, -0.1) is 0 Å². The highest BCUT2D eigenvalue weighted by molar-refractivity contribution is 6.37. The van der Waals surface area contributed by atoms with Gasteiger partial charge in [-0.1, -0.05) is 6.58 Å². The molecule has 0 aromatic heterocycles. The van der Waals surface area contributed by atoms with Crippen molar-refractivity contribution in [1.82, 2.24) is 0 Å². The SMILES string of the molecule is C=CC(=O)C([O])=O. The average Bonchev–Trinajstić information content (AvgIpc) is 1.65. The Morgan fingerprint density at radius 1 is 1.43 bits per heavy atom. The first-order valence-corrected chi connectivity index (χ1v) is 1.56. The molecule has 0 spiro atoms. The van der Waals surface area contributed by atoms with E-state index in [1.54, 1.807) is 0 Å². The molecule has 0 aromatic carbocycles. The molecule has 3 nitrogen and oxygen atoms in total. The maximum atomic E-state index is 9.73. The van der Waals surface area contributed by atoms with Gasteiger partial charge in [-0.25, -0.2) is 9.90 Å². The third kappa shape index (κ3) is 1.70. The van der Waals surface area contributed by atoms with Gasteiger partial charge in [0.05, 0.1) is 0 Å². The fourth-order valence-corrected chi connectivity index (χ4v) is 0.0833. The summed E-state index contributed by atoms with van der Waals surface area (Å²) in [7, 11) is 0. The average molecular weight is 99.1 g/mol. The highest BCUT2D eigenvalue weighted by Crippen LogP contribution is 1.69. The molecular weight excluding hydrogens is 96.0 g/mol. The van der Waals surface area contributed by atoms with Crippen LogP contribution in [-0.2, 0) is 14.7 Å². The Morgan fingerprint density at radius 2 is 1.86 bits per heavy atom. The number of hydrogen-bond donors (Lipinski definition) is 0. The number of hydrogen-bond acceptors (Lipinski definition) is 2. The number of rotatable bonds is 2. The van der Waals surface area contributed by atoms with Gasteiger partial charge in [0.25, 0.3) is 5.78 Å². The van der Waals surface area contributed by atoms with E-state index in [0.29, 0.717) is 6.08 Å². The maximum absolute atomic E-state index is 9.73. The molecule has 0 bridgehead atoms. The highest BCUT2D eigenvalue weighted by Gasteiger charge is 2.06. The van der Waals surface area contributed by atoms with E-state index < -0.39 is 11.8 Å². The van der Waals surface area contributed by atoms with Crippen LogP contribution < -0.4 is 0 Å². The molecule has 0 aliphatic heterocycles. The predicted octanol–water partition coefficient (Wildman–Crippen LogP) is -0.301. The molecule has 0 aromatic rings. The molecule has 0 fully saturated rings. The fraction of sp³-hybridized carbons (Fsp3) is 0. The summed E-state index contributed by atoms with van der Waals surface area (Å²) in [6, 6.07) is 0. The van der Waals surface area contributed by atoms with Crippen molar-refractivity contribution in [2.45, 2.75) is 0 Å². The summed E-state index contributed by atoms with van der Waals surface area (Å²) in [5.74, 6) is -2.80. The van der Waals surface area contributed by atoms with E-state index in [0.717, 1.165) is 0 Å². The molecular formula is C4H3O3. The molecule has 0 aliphatic rings. The van der Waals surface area contributed by atoms with Crippen LogP contribution in [0.4, 0.5) is 0 Å². The summed E-state index contributed by atoms with van der Waals surface area (Å²) in [6.07, 6.45) is 0.690. The van der Waals surface area contributed by atoms with Crippen LogP contribution in [0.3, 0.4) is 0 Å². The summed E-state index contributed by atoms with van der Waals surface area (Å²) < 4.78 is 0. The first kappa shape index (κ1) is 5.88. The molecule has 0 amide bonds. The fourth-order valence-electron chi connectivity index (χ4n) is 0.0833. The first-order valence-electron chi connectivity index (χ1n) is 1.56. The smallest absolute Gasteiger partial charge is 0.282 e. The minimum Gasteiger partial charge on any atom is -0.282 e. The summed E-state index contributed by atoms with van der Waals surface area (Å²) >= 11 is 0. The Hall–Kier alpha value is -1.12. The second-order valence-corrected chi connectivity index (χ2v) is 0.856. The van der Waals surface area contributed by atoms with Crippen LogP contribution in [0.25, 0.3) is 0 Å². The van der Waals surface area contributed by atoms with E-state index in [-0.39, 0.29) is 0 Å². The Kier molecular flexibility index (Phi) is 1.78. The molecule has 0 unspecified atom stereocenters. The lowest BCUT2D eigenvalue weighted by Gasteiger charge is -1.71. The zero-order valence-corrected chi connectivity index (χ0v) is 3.51. The zero-order chi connectivity index (χ0) is 5.86. The molecule has 0 N–H and O–H groups in total. The van der Waals surface area contributed by atoms with E-state index in [1.165, 1.54) is 0 Å². The van der Waals surface area contributed by atoms with E-state index in [9.17, 15) is 14.7 Å². The monoisotopic (exact) mass is 99.0 g/mol. The summed E-state index contributed by atoms with van der Waals surface area (Å²) in [5.41, 5.74) is 0. The van der Waals surface area contributed by atoms with E-state index in [2.05, 4.69) is 6.58 Å². The van der Waals surface area contributed by atoms with Crippen LogP contribution >= 0.6 is 0 Å². The van der Waals surface area contributed by atoms with Crippen molar-refractivity contribution in [2.24, 2.45) is 0 Å². The quantitative estimate of drug-likeness (QED) is 0.352. The van der Waals surface area contributed by atoms with Crippen molar-refractivity contribution >= 4 is 11.8 Å². The third-order valence-electron chi connectivity index (χ3n) is 0.387. The Bertz CT molecular complexity index is 114. The van der Waals surface area contributed by atoms with Crippen LogP contribution in [0, 0.1) is 0 Å². The van der Waals surface area contributed by atoms with Crippen molar-refractivity contribution in [3.63, 3.8) is 0 Å². The van der Waals surface area contributed by atoms with Crippen LogP contribution in [0.5, 0.6) is 0 Å². The van der Waals surface area contributed by atoms with Gasteiger partial charge >= 0.3 is 5.97 Å². The zero-order valence-electron chi connectivity index (χ0n) is 3.51. The van der Waals surface area contributed by atoms with Gasteiger partial charge in [-0.3, -0.25) is 4.79 Å². The van der Waals surface area contributed by atoms with Gasteiger partial charge in [0.1, 0.15) is 0 Å². The second kappa shape index (κ2) is 2.12. The highest BCUT2D eigenvalue weighted by atomic mass is 16.4. The summed E-state index contributed by atoms with van der Waals surface area (Å²) in [5, 5.41) is 9.40. The lowest BCUT2D eigenvalue weighted by atomic mass is 10.4. The first-order chi connectivity index (χ1) is 3.18. The molecule has 0 saturated carbocycles. The van der Waals surface area contributed by atoms with E-state index in [4.69, 9.17) is 0 Å². The molecule has 3 heteroatoms. The standard InChI is InChI=1S/C4H3O3/c1-2-3(5)4(6)7/h2H,1H2. The van der Waals surface area contributed by atoms with Gasteiger partial charge in [-0.2, -0.15) is 0 Å². The number of carbonyl (C=O) groups is 2. The molecule has 7 heavy (non-hydrogen) atoms. The summed E-state index contributed by atoms with van der Waals surface area (Å²) in [4.78, 5) is 19.1. The van der Waals surface area contributed by atoms with Crippen LogP contribution in [0.2, 0.25) is 0 Å². The second-order valence-electron chi connectivity index (χ2n) is 0.856. The minimum absolute atomic E-state index is 0.690.